The van der Waals surface area contributed by atoms with Crippen molar-refractivity contribution in [2.75, 3.05) is 6.54 Å². The first-order valence-electron chi connectivity index (χ1n) is 5.95. The van der Waals surface area contributed by atoms with Gasteiger partial charge in [-0.3, -0.25) is 4.79 Å². The van der Waals surface area contributed by atoms with Gasteiger partial charge in [0.05, 0.1) is 6.04 Å². The van der Waals surface area contributed by atoms with Crippen LogP contribution in [0.2, 0.25) is 0 Å². The van der Waals surface area contributed by atoms with Crippen molar-refractivity contribution in [1.82, 2.24) is 5.32 Å². The molecule has 0 spiro atoms. The Labute approximate surface area is 113 Å². The van der Waals surface area contributed by atoms with Crippen molar-refractivity contribution in [3.05, 3.63) is 35.9 Å². The molecule has 0 aliphatic carbocycles. The maximum Gasteiger partial charge on any atom is 0.490 e. The minimum absolute atomic E-state index is 0.0578. The first-order chi connectivity index (χ1) is 9.32. The molecule has 0 radical (unpaired) electrons. The van der Waals surface area contributed by atoms with Crippen molar-refractivity contribution < 1.29 is 27.9 Å². The molecule has 20 heavy (non-hydrogen) atoms. The minimum Gasteiger partial charge on any atom is -0.475 e. The van der Waals surface area contributed by atoms with Crippen LogP contribution in [0, 0.1) is 0 Å². The highest BCUT2D eigenvalue weighted by atomic mass is 19.4. The second-order valence-electron chi connectivity index (χ2n) is 4.18. The summed E-state index contributed by atoms with van der Waals surface area (Å²) in [5.41, 5.74) is 0.821. The molecular formula is C13H14F3NO3. The van der Waals surface area contributed by atoms with Crippen molar-refractivity contribution in [3.8, 4) is 0 Å². The van der Waals surface area contributed by atoms with E-state index in [0.29, 0.717) is 0 Å². The van der Waals surface area contributed by atoms with Crippen LogP contribution >= 0.6 is 0 Å². The molecule has 4 nitrogen and oxygen atoms in total. The standard InChI is InChI=1S/C11H13NO.C2HF3O2/c13-11(10-7-4-8-12-10)9-5-2-1-3-6-9;3-2(4,5)1(6)7/h1-3,5-6,10,12H,4,7-8H2;(H,6,7). The molecule has 1 atom stereocenters. The van der Waals surface area contributed by atoms with E-state index < -0.39 is 12.1 Å². The lowest BCUT2D eigenvalue weighted by atomic mass is 10.0. The van der Waals surface area contributed by atoms with Crippen LogP contribution in [0.15, 0.2) is 30.3 Å². The number of nitrogens with one attached hydrogen (secondary N) is 1. The first-order valence-corrected chi connectivity index (χ1v) is 5.95. The number of hydrogen-bond acceptors (Lipinski definition) is 3. The van der Waals surface area contributed by atoms with Gasteiger partial charge < -0.3 is 10.4 Å². The van der Waals surface area contributed by atoms with E-state index in [1.807, 2.05) is 30.3 Å². The summed E-state index contributed by atoms with van der Waals surface area (Å²) in [7, 11) is 0. The molecule has 2 rings (SSSR count). The summed E-state index contributed by atoms with van der Waals surface area (Å²) in [6.45, 7) is 0.975. The third-order valence-corrected chi connectivity index (χ3v) is 2.68. The van der Waals surface area contributed by atoms with Crippen molar-refractivity contribution in [2.24, 2.45) is 0 Å². The number of halogens is 3. The average Bonchev–Trinajstić information content (AvgIpc) is 2.92. The first kappa shape index (κ1) is 16.2. The molecule has 0 aromatic heterocycles. The quantitative estimate of drug-likeness (QED) is 0.820. The minimum atomic E-state index is -5.08. The number of carboxylic acids is 1. The third kappa shape index (κ3) is 5.00. The molecule has 1 aromatic rings. The average molecular weight is 289 g/mol. The van der Waals surface area contributed by atoms with E-state index in [1.54, 1.807) is 0 Å². The molecule has 1 aromatic carbocycles. The normalized spacial score (nSPS) is 18.1. The van der Waals surface area contributed by atoms with Crippen molar-refractivity contribution in [3.63, 3.8) is 0 Å². The van der Waals surface area contributed by atoms with Crippen LogP contribution in [0.5, 0.6) is 0 Å². The maximum atomic E-state index is 11.8. The summed E-state index contributed by atoms with van der Waals surface area (Å²) in [5.74, 6) is -2.52. The summed E-state index contributed by atoms with van der Waals surface area (Å²) < 4.78 is 31.7. The molecule has 1 aliphatic rings. The van der Waals surface area contributed by atoms with Gasteiger partial charge >= 0.3 is 12.1 Å². The van der Waals surface area contributed by atoms with Crippen LogP contribution < -0.4 is 5.32 Å². The predicted molar refractivity (Wildman–Crippen MR) is 65.5 cm³/mol. The molecule has 1 heterocycles. The van der Waals surface area contributed by atoms with Gasteiger partial charge in [-0.25, -0.2) is 4.79 Å². The number of ketones is 1. The molecule has 1 fully saturated rings. The van der Waals surface area contributed by atoms with Gasteiger partial charge in [0, 0.05) is 5.56 Å². The number of alkyl halides is 3. The summed E-state index contributed by atoms with van der Waals surface area (Å²) in [4.78, 5) is 20.7. The number of Topliss-reactive ketones (excluding diaryl/α,β-unsaturated/α-hetero) is 1. The monoisotopic (exact) mass is 289 g/mol. The molecule has 1 unspecified atom stereocenters. The van der Waals surface area contributed by atoms with Crippen molar-refractivity contribution in [1.29, 1.82) is 0 Å². The molecule has 2 N–H and O–H groups in total. The lowest BCUT2D eigenvalue weighted by molar-refractivity contribution is -0.192. The fraction of sp³-hybridized carbons (Fsp3) is 0.385. The van der Waals surface area contributed by atoms with E-state index in [9.17, 15) is 18.0 Å². The number of carboxylic acid groups (broad SMARTS) is 1. The van der Waals surface area contributed by atoms with Crippen LogP contribution in [0.1, 0.15) is 23.2 Å². The van der Waals surface area contributed by atoms with Crippen LogP contribution in [0.4, 0.5) is 13.2 Å². The highest BCUT2D eigenvalue weighted by molar-refractivity contribution is 6.00. The number of benzene rings is 1. The summed E-state index contributed by atoms with van der Waals surface area (Å²) in [5, 5.41) is 10.3. The largest absolute Gasteiger partial charge is 0.490 e. The summed E-state index contributed by atoms with van der Waals surface area (Å²) in [6, 6.07) is 9.55. The van der Waals surface area contributed by atoms with Crippen molar-refractivity contribution >= 4 is 11.8 Å². The second kappa shape index (κ2) is 7.04. The Hall–Kier alpha value is -1.89. The van der Waals surface area contributed by atoms with E-state index in [1.165, 1.54) is 0 Å². The van der Waals surface area contributed by atoms with E-state index >= 15 is 0 Å². The molecule has 7 heteroatoms. The number of aliphatic carboxylic acids is 1. The van der Waals surface area contributed by atoms with Crippen LogP contribution in [0.25, 0.3) is 0 Å². The fourth-order valence-electron chi connectivity index (χ4n) is 1.71. The van der Waals surface area contributed by atoms with Gasteiger partial charge in [-0.05, 0) is 19.4 Å². The van der Waals surface area contributed by atoms with E-state index in [0.717, 1.165) is 24.9 Å². The van der Waals surface area contributed by atoms with Gasteiger partial charge in [-0.1, -0.05) is 30.3 Å². The Morgan fingerprint density at radius 2 is 1.75 bits per heavy atom. The predicted octanol–water partition coefficient (Wildman–Crippen LogP) is 2.25. The van der Waals surface area contributed by atoms with Gasteiger partial charge in [-0.15, -0.1) is 0 Å². The molecule has 0 bridgehead atoms. The highest BCUT2D eigenvalue weighted by Gasteiger charge is 2.38. The zero-order chi connectivity index (χ0) is 15.2. The lowest BCUT2D eigenvalue weighted by Crippen LogP contribution is -2.30. The van der Waals surface area contributed by atoms with Gasteiger partial charge in [0.15, 0.2) is 5.78 Å². The Bertz CT molecular complexity index is 454. The number of carbonyl (C=O) groups excluding carboxylic acids is 1. The summed E-state index contributed by atoms with van der Waals surface area (Å²) >= 11 is 0. The SMILES string of the molecule is O=C(O)C(F)(F)F.O=C(c1ccccc1)C1CCCN1. The van der Waals surface area contributed by atoms with Crippen LogP contribution in [0.3, 0.4) is 0 Å². The highest BCUT2D eigenvalue weighted by Crippen LogP contribution is 2.13. The second-order valence-corrected chi connectivity index (χ2v) is 4.18. The zero-order valence-electron chi connectivity index (χ0n) is 10.5. The van der Waals surface area contributed by atoms with Crippen molar-refractivity contribution in [2.45, 2.75) is 25.1 Å². The smallest absolute Gasteiger partial charge is 0.475 e. The molecule has 1 aliphatic heterocycles. The fourth-order valence-corrected chi connectivity index (χ4v) is 1.71. The third-order valence-electron chi connectivity index (χ3n) is 2.68. The Kier molecular flexibility index (Phi) is 5.69. The van der Waals surface area contributed by atoms with E-state index in [-0.39, 0.29) is 11.8 Å². The topological polar surface area (TPSA) is 66.4 Å². The van der Waals surface area contributed by atoms with Gasteiger partial charge in [0.25, 0.3) is 0 Å². The van der Waals surface area contributed by atoms with Crippen LogP contribution in [-0.2, 0) is 4.79 Å². The van der Waals surface area contributed by atoms with Crippen LogP contribution in [-0.4, -0.2) is 35.6 Å². The van der Waals surface area contributed by atoms with Gasteiger partial charge in [0.2, 0.25) is 0 Å². The Morgan fingerprint density at radius 1 is 1.20 bits per heavy atom. The maximum absolute atomic E-state index is 11.8. The molecular weight excluding hydrogens is 275 g/mol. The number of rotatable bonds is 2. The lowest BCUT2D eigenvalue weighted by Gasteiger charge is -2.07. The zero-order valence-corrected chi connectivity index (χ0v) is 10.5. The number of hydrogen-bond donors (Lipinski definition) is 2. The molecule has 0 saturated carbocycles. The number of carbonyl (C=O) groups is 2. The van der Waals surface area contributed by atoms with Gasteiger partial charge in [-0.2, -0.15) is 13.2 Å². The van der Waals surface area contributed by atoms with Gasteiger partial charge in [0.1, 0.15) is 0 Å². The van der Waals surface area contributed by atoms with E-state index in [2.05, 4.69) is 5.32 Å². The molecule has 1 saturated heterocycles. The Morgan fingerprint density at radius 3 is 2.15 bits per heavy atom. The molecule has 110 valence electrons. The Balaban J connectivity index is 0.000000246. The summed E-state index contributed by atoms with van der Waals surface area (Å²) in [6.07, 6.45) is -2.99. The van der Waals surface area contributed by atoms with E-state index in [4.69, 9.17) is 9.90 Å². The molecule has 0 amide bonds.